The second kappa shape index (κ2) is 9.39. The van der Waals surface area contributed by atoms with Gasteiger partial charge in [-0.3, -0.25) is 19.4 Å². The van der Waals surface area contributed by atoms with Crippen molar-refractivity contribution < 1.29 is 14.4 Å². The molecule has 0 saturated carbocycles. The fraction of sp³-hybridized carbons (Fsp3) is 0.227. The number of hydrazine groups is 1. The molecule has 0 unspecified atom stereocenters. The van der Waals surface area contributed by atoms with E-state index in [2.05, 4.69) is 20.8 Å². The Kier molecular flexibility index (Phi) is 6.38. The first-order valence-corrected chi connectivity index (χ1v) is 10.6. The summed E-state index contributed by atoms with van der Waals surface area (Å²) in [6, 6.07) is 7.57. The van der Waals surface area contributed by atoms with Crippen LogP contribution in [0.4, 0.5) is 5.82 Å². The van der Waals surface area contributed by atoms with Crippen LogP contribution in [0.2, 0.25) is 5.02 Å². The highest BCUT2D eigenvalue weighted by atomic mass is 35.5. The Morgan fingerprint density at radius 1 is 1.12 bits per heavy atom. The zero-order chi connectivity index (χ0) is 23.5. The molecule has 2 aromatic rings. The normalized spacial score (nSPS) is 16.0. The number of benzene rings is 1. The zero-order valence-corrected chi connectivity index (χ0v) is 18.6. The molecule has 1 aromatic heterocycles. The fourth-order valence-corrected chi connectivity index (χ4v) is 3.68. The topological polar surface area (TPSA) is 134 Å². The number of nitrogens with zero attached hydrogens (tertiary/aromatic N) is 4. The van der Waals surface area contributed by atoms with Gasteiger partial charge < -0.3 is 15.5 Å². The summed E-state index contributed by atoms with van der Waals surface area (Å²) < 4.78 is 0. The number of piperazine rings is 1. The molecule has 0 aliphatic carbocycles. The lowest BCUT2D eigenvalue weighted by molar-refractivity contribution is -0.120. The monoisotopic (exact) mass is 467 g/mol. The van der Waals surface area contributed by atoms with E-state index in [4.69, 9.17) is 17.4 Å². The summed E-state index contributed by atoms with van der Waals surface area (Å²) in [5, 5.41) is 15.3. The second-order valence-corrected chi connectivity index (χ2v) is 8.15. The van der Waals surface area contributed by atoms with E-state index in [9.17, 15) is 14.4 Å². The number of carbonyl (C=O) groups is 3. The number of aromatic nitrogens is 2. The third kappa shape index (κ3) is 5.02. The van der Waals surface area contributed by atoms with Gasteiger partial charge in [-0.25, -0.2) is 5.84 Å². The zero-order valence-electron chi connectivity index (χ0n) is 17.8. The Hall–Kier alpha value is -3.76. The highest BCUT2D eigenvalue weighted by Gasteiger charge is 2.23. The largest absolute Gasteiger partial charge is 0.353 e. The van der Waals surface area contributed by atoms with Crippen molar-refractivity contribution in [2.45, 2.75) is 6.92 Å². The van der Waals surface area contributed by atoms with Crippen LogP contribution in [0.1, 0.15) is 33.3 Å². The minimum atomic E-state index is -0.528. The number of nitrogens with one attached hydrogen (secondary N) is 2. The summed E-state index contributed by atoms with van der Waals surface area (Å²) in [5.74, 6) is 5.75. The molecule has 3 heterocycles. The van der Waals surface area contributed by atoms with Crippen molar-refractivity contribution >= 4 is 35.0 Å². The maximum Gasteiger partial charge on any atom is 0.257 e. The van der Waals surface area contributed by atoms with Gasteiger partial charge in [0.1, 0.15) is 11.5 Å². The average Bonchev–Trinajstić information content (AvgIpc) is 2.80. The number of anilines is 1. The maximum atomic E-state index is 13.2. The van der Waals surface area contributed by atoms with E-state index in [1.54, 1.807) is 17.0 Å². The van der Waals surface area contributed by atoms with E-state index in [0.717, 1.165) is 5.57 Å². The van der Waals surface area contributed by atoms with Crippen LogP contribution in [0, 0.1) is 0 Å². The van der Waals surface area contributed by atoms with Gasteiger partial charge in [-0.15, -0.1) is 10.2 Å². The molecule has 2 aliphatic heterocycles. The molecule has 0 atom stereocenters. The van der Waals surface area contributed by atoms with Crippen molar-refractivity contribution in [2.75, 3.05) is 31.1 Å². The smallest absolute Gasteiger partial charge is 0.257 e. The predicted octanol–water partition coefficient (Wildman–Crippen LogP) is 1.00. The number of ketones is 1. The Balaban J connectivity index is 1.57. The Morgan fingerprint density at radius 3 is 2.64 bits per heavy atom. The molecule has 4 N–H and O–H groups in total. The van der Waals surface area contributed by atoms with E-state index in [0.29, 0.717) is 36.3 Å². The third-order valence-electron chi connectivity index (χ3n) is 5.21. The molecular weight excluding hydrogens is 446 g/mol. The number of amides is 2. The molecular formula is C22H22ClN7O3. The predicted molar refractivity (Wildman–Crippen MR) is 122 cm³/mol. The van der Waals surface area contributed by atoms with Crippen LogP contribution in [-0.4, -0.2) is 59.0 Å². The first-order valence-electron chi connectivity index (χ1n) is 10.2. The molecule has 170 valence electrons. The van der Waals surface area contributed by atoms with E-state index < -0.39 is 11.7 Å². The van der Waals surface area contributed by atoms with Crippen molar-refractivity contribution in [3.05, 3.63) is 75.7 Å². The first-order chi connectivity index (χ1) is 15.8. The van der Waals surface area contributed by atoms with Gasteiger partial charge >= 0.3 is 0 Å². The number of nitrogens with two attached hydrogens (primary N) is 1. The van der Waals surface area contributed by atoms with Gasteiger partial charge in [-0.2, -0.15) is 0 Å². The highest BCUT2D eigenvalue weighted by Crippen LogP contribution is 2.21. The number of rotatable bonds is 5. The van der Waals surface area contributed by atoms with Crippen molar-refractivity contribution in [1.82, 2.24) is 25.8 Å². The van der Waals surface area contributed by atoms with Crippen LogP contribution in [0.25, 0.3) is 0 Å². The van der Waals surface area contributed by atoms with Gasteiger partial charge in [0.05, 0.1) is 18.7 Å². The summed E-state index contributed by atoms with van der Waals surface area (Å²) in [5.41, 5.74) is 1.32. The maximum absolute atomic E-state index is 13.2. The molecule has 1 saturated heterocycles. The third-order valence-corrected chi connectivity index (χ3v) is 5.45. The Bertz CT molecular complexity index is 1180. The lowest BCUT2D eigenvalue weighted by Crippen LogP contribution is -2.48. The summed E-state index contributed by atoms with van der Waals surface area (Å²) in [4.78, 5) is 39.5. The molecule has 10 nitrogen and oxygen atoms in total. The van der Waals surface area contributed by atoms with Crippen LogP contribution in [0.3, 0.4) is 0 Å². The molecule has 2 aliphatic rings. The van der Waals surface area contributed by atoms with Gasteiger partial charge in [0, 0.05) is 23.7 Å². The molecule has 0 bridgehead atoms. The summed E-state index contributed by atoms with van der Waals surface area (Å²) in [6.07, 6.45) is 3.54. The molecule has 33 heavy (non-hydrogen) atoms. The van der Waals surface area contributed by atoms with Gasteiger partial charge in [0.15, 0.2) is 5.82 Å². The van der Waals surface area contributed by atoms with Crippen molar-refractivity contribution in [3.8, 4) is 0 Å². The number of halogens is 1. The minimum Gasteiger partial charge on any atom is -0.353 e. The SMILES string of the molecule is CC1=CC=C(NC(=O)c2cc(Cl)ccc2C(=O)c2ccc(N3CCNC(=O)C3)nn2)N(N)C1. The fourth-order valence-electron chi connectivity index (χ4n) is 3.51. The number of allylic oxidation sites excluding steroid dienone is 2. The molecule has 0 radical (unpaired) electrons. The van der Waals surface area contributed by atoms with Crippen LogP contribution >= 0.6 is 11.6 Å². The van der Waals surface area contributed by atoms with Gasteiger partial charge in [0.25, 0.3) is 5.91 Å². The molecule has 4 rings (SSSR count). The van der Waals surface area contributed by atoms with Crippen LogP contribution in [0.5, 0.6) is 0 Å². The quantitative estimate of drug-likeness (QED) is 0.438. The summed E-state index contributed by atoms with van der Waals surface area (Å²) in [7, 11) is 0. The van der Waals surface area contributed by atoms with Gasteiger partial charge in [-0.05, 0) is 43.3 Å². The number of hydrogen-bond acceptors (Lipinski definition) is 8. The van der Waals surface area contributed by atoms with E-state index >= 15 is 0 Å². The highest BCUT2D eigenvalue weighted by molar-refractivity contribution is 6.31. The minimum absolute atomic E-state index is 0.0625. The van der Waals surface area contributed by atoms with Crippen molar-refractivity contribution in [1.29, 1.82) is 0 Å². The molecule has 11 heteroatoms. The first kappa shape index (κ1) is 22.4. The average molecular weight is 468 g/mol. The molecule has 1 aromatic carbocycles. The van der Waals surface area contributed by atoms with Gasteiger partial charge in [-0.1, -0.05) is 23.3 Å². The number of hydrogen-bond donors (Lipinski definition) is 3. The molecule has 0 spiro atoms. The molecule has 1 fully saturated rings. The summed E-state index contributed by atoms with van der Waals surface area (Å²) >= 11 is 6.10. The lowest BCUT2D eigenvalue weighted by atomic mass is 10.0. The van der Waals surface area contributed by atoms with E-state index in [1.165, 1.54) is 29.3 Å². The standard InChI is InChI=1S/C22H22ClN7O3/c1-13-2-6-18(30(24)11-13)26-22(33)16-10-14(23)3-4-15(16)21(32)17-5-7-19(28-27-17)29-9-8-25-20(31)12-29/h2-7,10H,8-9,11-12,24H2,1H3,(H,25,31)(H,26,33). The van der Waals surface area contributed by atoms with Crippen LogP contribution < -0.4 is 21.4 Å². The lowest BCUT2D eigenvalue weighted by Gasteiger charge is -2.27. The summed E-state index contributed by atoms with van der Waals surface area (Å²) in [6.45, 7) is 3.67. The van der Waals surface area contributed by atoms with Crippen molar-refractivity contribution in [2.24, 2.45) is 5.84 Å². The molecule has 2 amide bonds. The van der Waals surface area contributed by atoms with Crippen LogP contribution in [-0.2, 0) is 4.79 Å². The number of carbonyl (C=O) groups excluding carboxylic acids is 3. The van der Waals surface area contributed by atoms with Crippen molar-refractivity contribution in [3.63, 3.8) is 0 Å². The Labute approximate surface area is 195 Å². The van der Waals surface area contributed by atoms with E-state index in [-0.39, 0.29) is 29.3 Å². The van der Waals surface area contributed by atoms with Gasteiger partial charge in [0.2, 0.25) is 11.7 Å². The van der Waals surface area contributed by atoms with E-state index in [1.807, 2.05) is 13.0 Å². The second-order valence-electron chi connectivity index (χ2n) is 7.71. The van der Waals surface area contributed by atoms with Crippen LogP contribution in [0.15, 0.2) is 53.9 Å². The Morgan fingerprint density at radius 2 is 1.94 bits per heavy atom.